The van der Waals surface area contributed by atoms with E-state index in [-0.39, 0.29) is 4.90 Å². The molecular weight excluding hydrogens is 366 g/mol. The average Bonchev–Trinajstić information content (AvgIpc) is 2.86. The van der Waals surface area contributed by atoms with E-state index in [9.17, 15) is 8.42 Å². The fourth-order valence-corrected chi connectivity index (χ4v) is 4.51. The van der Waals surface area contributed by atoms with Crippen molar-refractivity contribution in [1.82, 2.24) is 9.62 Å². The molecule has 112 valence electrons. The van der Waals surface area contributed by atoms with Crippen LogP contribution in [-0.2, 0) is 10.0 Å². The molecule has 1 aliphatic heterocycles. The second kappa shape index (κ2) is 6.62. The summed E-state index contributed by atoms with van der Waals surface area (Å²) in [4.78, 5) is 2.31. The molecule has 1 aromatic carbocycles. The number of hydrogen-bond donors (Lipinski definition) is 2. The SMILES string of the molecule is Nc1cc(Cl)cc(S(=O)(=O)NCCN2CCCC2)c1Br. The molecule has 0 radical (unpaired) electrons. The molecule has 0 atom stereocenters. The summed E-state index contributed by atoms with van der Waals surface area (Å²) in [5, 5.41) is 0.297. The summed E-state index contributed by atoms with van der Waals surface area (Å²) in [7, 11) is -3.62. The summed E-state index contributed by atoms with van der Waals surface area (Å²) in [5.74, 6) is 0. The summed E-state index contributed by atoms with van der Waals surface area (Å²) in [6.45, 7) is 3.17. The summed E-state index contributed by atoms with van der Waals surface area (Å²) in [6, 6.07) is 2.90. The molecule has 1 saturated heterocycles. The minimum atomic E-state index is -3.62. The van der Waals surface area contributed by atoms with Crippen LogP contribution in [-0.4, -0.2) is 39.5 Å². The van der Waals surface area contributed by atoms with Crippen LogP contribution in [0.5, 0.6) is 0 Å². The van der Waals surface area contributed by atoms with E-state index in [0.29, 0.717) is 28.3 Å². The number of nitrogens with two attached hydrogens (primary N) is 1. The van der Waals surface area contributed by atoms with Crippen molar-refractivity contribution < 1.29 is 8.42 Å². The lowest BCUT2D eigenvalue weighted by atomic mass is 10.3. The average molecular weight is 383 g/mol. The fraction of sp³-hybridized carbons (Fsp3) is 0.500. The normalized spacial score (nSPS) is 16.7. The van der Waals surface area contributed by atoms with Crippen molar-refractivity contribution in [3.05, 3.63) is 21.6 Å². The van der Waals surface area contributed by atoms with Gasteiger partial charge in [0.05, 0.1) is 9.37 Å². The first-order valence-corrected chi connectivity index (χ1v) is 9.02. The Morgan fingerprint density at radius 1 is 1.35 bits per heavy atom. The molecule has 0 aliphatic carbocycles. The Morgan fingerprint density at radius 2 is 2.00 bits per heavy atom. The lowest BCUT2D eigenvalue weighted by Crippen LogP contribution is -2.33. The Morgan fingerprint density at radius 3 is 2.65 bits per heavy atom. The summed E-state index contributed by atoms with van der Waals surface area (Å²) >= 11 is 9.06. The van der Waals surface area contributed by atoms with Crippen LogP contribution in [0.15, 0.2) is 21.5 Å². The van der Waals surface area contributed by atoms with Crippen molar-refractivity contribution in [3.8, 4) is 0 Å². The number of halogens is 2. The number of likely N-dealkylation sites (tertiary alicyclic amines) is 1. The molecule has 1 aliphatic rings. The molecular formula is C12H17BrClN3O2S. The number of nitrogen functional groups attached to an aromatic ring is 1. The minimum Gasteiger partial charge on any atom is -0.398 e. The van der Waals surface area contributed by atoms with Gasteiger partial charge in [0.15, 0.2) is 0 Å². The zero-order chi connectivity index (χ0) is 14.8. The monoisotopic (exact) mass is 381 g/mol. The zero-order valence-corrected chi connectivity index (χ0v) is 14.1. The fourth-order valence-electron chi connectivity index (χ4n) is 2.20. The third-order valence-corrected chi connectivity index (χ3v) is 6.09. The van der Waals surface area contributed by atoms with Crippen LogP contribution < -0.4 is 10.5 Å². The molecule has 3 N–H and O–H groups in total. The van der Waals surface area contributed by atoms with E-state index in [1.54, 1.807) is 0 Å². The number of nitrogens with one attached hydrogen (secondary N) is 1. The van der Waals surface area contributed by atoms with E-state index in [1.807, 2.05) is 0 Å². The lowest BCUT2D eigenvalue weighted by Gasteiger charge is -2.15. The van der Waals surface area contributed by atoms with E-state index in [0.717, 1.165) is 13.1 Å². The second-order valence-corrected chi connectivity index (χ2v) is 7.72. The van der Waals surface area contributed by atoms with Crippen LogP contribution >= 0.6 is 27.5 Å². The van der Waals surface area contributed by atoms with Gasteiger partial charge in [0.25, 0.3) is 0 Å². The molecule has 0 spiro atoms. The first kappa shape index (κ1) is 16.0. The molecule has 0 saturated carbocycles. The topological polar surface area (TPSA) is 75.4 Å². The standard InChI is InChI=1S/C12H17BrClN3O2S/c13-12-10(15)7-9(14)8-11(12)20(18,19)16-3-6-17-4-1-2-5-17/h7-8,16H,1-6,15H2. The Balaban J connectivity index is 2.06. The molecule has 1 heterocycles. The van der Waals surface area contributed by atoms with Crippen molar-refractivity contribution in [2.24, 2.45) is 0 Å². The van der Waals surface area contributed by atoms with Crippen LogP contribution in [0, 0.1) is 0 Å². The van der Waals surface area contributed by atoms with Crippen molar-refractivity contribution in [2.45, 2.75) is 17.7 Å². The maximum absolute atomic E-state index is 12.3. The lowest BCUT2D eigenvalue weighted by molar-refractivity contribution is 0.344. The van der Waals surface area contributed by atoms with Crippen LogP contribution in [0.1, 0.15) is 12.8 Å². The maximum Gasteiger partial charge on any atom is 0.241 e. The molecule has 1 fully saturated rings. The van der Waals surface area contributed by atoms with Gasteiger partial charge in [0.2, 0.25) is 10.0 Å². The molecule has 1 aromatic rings. The summed E-state index contributed by atoms with van der Waals surface area (Å²) in [6.07, 6.45) is 2.37. The Bertz CT molecular complexity index is 589. The molecule has 2 rings (SSSR count). The third-order valence-electron chi connectivity index (χ3n) is 3.24. The smallest absolute Gasteiger partial charge is 0.241 e. The number of anilines is 1. The molecule has 0 bridgehead atoms. The number of nitrogens with zero attached hydrogens (tertiary/aromatic N) is 1. The van der Waals surface area contributed by atoms with Crippen LogP contribution in [0.3, 0.4) is 0 Å². The largest absolute Gasteiger partial charge is 0.398 e. The zero-order valence-electron chi connectivity index (χ0n) is 10.9. The molecule has 20 heavy (non-hydrogen) atoms. The molecule has 8 heteroatoms. The van der Waals surface area contributed by atoms with Crippen molar-refractivity contribution in [2.75, 3.05) is 31.9 Å². The van der Waals surface area contributed by atoms with Crippen LogP contribution in [0.4, 0.5) is 5.69 Å². The van der Waals surface area contributed by atoms with Gasteiger partial charge < -0.3 is 10.6 Å². The first-order chi connectivity index (χ1) is 9.40. The van der Waals surface area contributed by atoms with Gasteiger partial charge >= 0.3 is 0 Å². The maximum atomic E-state index is 12.3. The van der Waals surface area contributed by atoms with Gasteiger partial charge in [0.1, 0.15) is 0 Å². The Kier molecular flexibility index (Phi) is 5.30. The first-order valence-electron chi connectivity index (χ1n) is 6.37. The van der Waals surface area contributed by atoms with E-state index in [1.165, 1.54) is 25.0 Å². The summed E-state index contributed by atoms with van der Waals surface area (Å²) < 4.78 is 27.4. The van der Waals surface area contributed by atoms with E-state index in [2.05, 4.69) is 25.6 Å². The third kappa shape index (κ3) is 3.85. The second-order valence-electron chi connectivity index (χ2n) is 4.75. The molecule has 5 nitrogen and oxygen atoms in total. The van der Waals surface area contributed by atoms with Gasteiger partial charge in [-0.2, -0.15) is 0 Å². The number of benzene rings is 1. The highest BCUT2D eigenvalue weighted by atomic mass is 79.9. The van der Waals surface area contributed by atoms with Crippen LogP contribution in [0.25, 0.3) is 0 Å². The van der Waals surface area contributed by atoms with Crippen molar-refractivity contribution >= 4 is 43.2 Å². The summed E-state index contributed by atoms with van der Waals surface area (Å²) in [5.41, 5.74) is 6.02. The van der Waals surface area contributed by atoms with E-state index in [4.69, 9.17) is 17.3 Å². The highest BCUT2D eigenvalue weighted by Gasteiger charge is 2.20. The predicted molar refractivity (Wildman–Crippen MR) is 84.4 cm³/mol. The van der Waals surface area contributed by atoms with Gasteiger partial charge in [-0.05, 0) is 54.0 Å². The number of rotatable bonds is 5. The highest BCUT2D eigenvalue weighted by molar-refractivity contribution is 9.10. The molecule has 0 amide bonds. The quantitative estimate of drug-likeness (QED) is 0.764. The van der Waals surface area contributed by atoms with Gasteiger partial charge in [-0.15, -0.1) is 0 Å². The predicted octanol–water partition coefficient (Wildman–Crippen LogP) is 2.06. The van der Waals surface area contributed by atoms with Crippen molar-refractivity contribution in [3.63, 3.8) is 0 Å². The Labute approximate surface area is 132 Å². The van der Waals surface area contributed by atoms with Crippen molar-refractivity contribution in [1.29, 1.82) is 0 Å². The minimum absolute atomic E-state index is 0.0731. The van der Waals surface area contributed by atoms with E-state index < -0.39 is 10.0 Å². The van der Waals surface area contributed by atoms with Gasteiger partial charge in [-0.3, -0.25) is 0 Å². The van der Waals surface area contributed by atoms with Gasteiger partial charge in [-0.25, -0.2) is 13.1 Å². The molecule has 0 unspecified atom stereocenters. The highest BCUT2D eigenvalue weighted by Crippen LogP contribution is 2.31. The van der Waals surface area contributed by atoms with Gasteiger partial charge in [0, 0.05) is 23.8 Å². The number of hydrogen-bond acceptors (Lipinski definition) is 4. The van der Waals surface area contributed by atoms with Gasteiger partial charge in [-0.1, -0.05) is 11.6 Å². The molecule has 0 aromatic heterocycles. The Hall–Kier alpha value is -0.340. The van der Waals surface area contributed by atoms with Crippen LogP contribution in [0.2, 0.25) is 5.02 Å². The number of sulfonamides is 1. The van der Waals surface area contributed by atoms with E-state index >= 15 is 0 Å².